The molecule has 0 saturated heterocycles. The zero-order valence-electron chi connectivity index (χ0n) is 20.3. The van der Waals surface area contributed by atoms with Crippen molar-refractivity contribution < 1.29 is 29.7 Å². The zero-order chi connectivity index (χ0) is 27.2. The van der Waals surface area contributed by atoms with E-state index in [4.69, 9.17) is 0 Å². The zero-order valence-corrected chi connectivity index (χ0v) is 22.1. The second-order valence-corrected chi connectivity index (χ2v) is 9.36. The van der Waals surface area contributed by atoms with Gasteiger partial charge in [-0.2, -0.15) is 0 Å². The van der Waals surface area contributed by atoms with Crippen LogP contribution in [0.25, 0.3) is 0 Å². The Bertz CT molecular complexity index is 936. The molecule has 2 rings (SSSR count). The summed E-state index contributed by atoms with van der Waals surface area (Å²) < 4.78 is 0. The van der Waals surface area contributed by atoms with Crippen molar-refractivity contribution in [3.63, 3.8) is 0 Å². The molecule has 0 aliphatic rings. The van der Waals surface area contributed by atoms with Crippen LogP contribution in [-0.4, -0.2) is 107 Å². The van der Waals surface area contributed by atoms with Gasteiger partial charge in [0.05, 0.1) is 33.0 Å². The highest BCUT2D eigenvalue weighted by molar-refractivity contribution is 7.80. The summed E-state index contributed by atoms with van der Waals surface area (Å²) in [5, 5.41) is 34.3. The number of hydrogen-bond acceptors (Lipinski definition) is 10. The van der Waals surface area contributed by atoms with Crippen molar-refractivity contribution in [2.45, 2.75) is 9.79 Å². The van der Waals surface area contributed by atoms with E-state index >= 15 is 0 Å². The Labute approximate surface area is 226 Å². The number of rotatable bonds is 18. The molecule has 11 nitrogen and oxygen atoms in total. The minimum atomic E-state index is -1.02. The molecule has 2 aromatic rings. The van der Waals surface area contributed by atoms with Gasteiger partial charge in [-0.05, 0) is 48.5 Å². The first kappa shape index (κ1) is 30.3. The smallest absolute Gasteiger partial charge is 0.317 e. The lowest BCUT2D eigenvalue weighted by Gasteiger charge is -2.28. The van der Waals surface area contributed by atoms with Gasteiger partial charge in [-0.25, -0.2) is 0 Å². The first-order chi connectivity index (χ1) is 17.6. The minimum Gasteiger partial charge on any atom is -0.480 e. The van der Waals surface area contributed by atoms with Gasteiger partial charge < -0.3 is 26.0 Å². The molecule has 0 amide bonds. The van der Waals surface area contributed by atoms with Gasteiger partial charge in [-0.15, -0.1) is 25.3 Å². The molecule has 13 heteroatoms. The lowest BCUT2D eigenvalue weighted by atomic mass is 10.3. The summed E-state index contributed by atoms with van der Waals surface area (Å²) in [6.45, 7) is 0.962. The molecule has 0 saturated carbocycles. The van der Waals surface area contributed by atoms with Gasteiger partial charge in [-0.3, -0.25) is 29.1 Å². The fourth-order valence-corrected chi connectivity index (χ4v) is 3.70. The lowest BCUT2D eigenvalue weighted by Crippen LogP contribution is -2.45. The van der Waals surface area contributed by atoms with Gasteiger partial charge in [0.1, 0.15) is 0 Å². The van der Waals surface area contributed by atoms with Gasteiger partial charge in [0, 0.05) is 47.3 Å². The van der Waals surface area contributed by atoms with Crippen LogP contribution in [0.3, 0.4) is 0 Å². The van der Waals surface area contributed by atoms with E-state index < -0.39 is 17.9 Å². The summed E-state index contributed by atoms with van der Waals surface area (Å²) in [6.07, 6.45) is 0. The highest BCUT2D eigenvalue weighted by Gasteiger charge is 2.17. The number of carbonyl (C=O) groups is 3. The first-order valence-corrected chi connectivity index (χ1v) is 12.4. The number of aliphatic carboxylic acids is 3. The maximum Gasteiger partial charge on any atom is 0.317 e. The van der Waals surface area contributed by atoms with Crippen molar-refractivity contribution in [2.24, 2.45) is 0 Å². The number of nitrogens with zero attached hydrogens (tertiary/aromatic N) is 3. The molecule has 0 aliphatic heterocycles. The predicted molar refractivity (Wildman–Crippen MR) is 147 cm³/mol. The third-order valence-electron chi connectivity index (χ3n) is 5.29. The molecule has 0 atom stereocenters. The molecule has 2 aromatic carbocycles. The van der Waals surface area contributed by atoms with Crippen LogP contribution >= 0.6 is 25.3 Å². The monoisotopic (exact) mass is 551 g/mol. The molecule has 0 aromatic heterocycles. The van der Waals surface area contributed by atoms with E-state index in [0.717, 1.165) is 21.2 Å². The van der Waals surface area contributed by atoms with E-state index in [2.05, 4.69) is 35.9 Å². The summed E-state index contributed by atoms with van der Waals surface area (Å²) in [6, 6.07) is 14.6. The minimum absolute atomic E-state index is 0.224. The molecule has 5 N–H and O–H groups in total. The third-order valence-corrected chi connectivity index (χ3v) is 5.89. The average molecular weight is 552 g/mol. The van der Waals surface area contributed by atoms with E-state index in [9.17, 15) is 29.7 Å². The van der Waals surface area contributed by atoms with Crippen molar-refractivity contribution in [3.8, 4) is 0 Å². The largest absolute Gasteiger partial charge is 0.480 e. The first-order valence-electron chi connectivity index (χ1n) is 11.5. The number of benzene rings is 2. The van der Waals surface area contributed by atoms with Crippen LogP contribution in [0, 0.1) is 0 Å². The van der Waals surface area contributed by atoms with Crippen molar-refractivity contribution >= 4 is 54.5 Å². The molecular formula is C24H33N5O6S2. The highest BCUT2D eigenvalue weighted by atomic mass is 32.1. The van der Waals surface area contributed by atoms with Crippen LogP contribution in [0.4, 0.5) is 11.4 Å². The molecule has 202 valence electrons. The maximum absolute atomic E-state index is 11.4. The summed E-state index contributed by atoms with van der Waals surface area (Å²) in [4.78, 5) is 40.7. The van der Waals surface area contributed by atoms with Crippen LogP contribution in [0.2, 0.25) is 0 Å². The fraction of sp³-hybridized carbons (Fsp3) is 0.375. The third kappa shape index (κ3) is 13.2. The summed E-state index contributed by atoms with van der Waals surface area (Å²) in [5.41, 5.74) is 1.60. The summed E-state index contributed by atoms with van der Waals surface area (Å²) in [7, 11) is 0. The molecule has 0 spiro atoms. The Morgan fingerprint density at radius 3 is 1.19 bits per heavy atom. The van der Waals surface area contributed by atoms with Gasteiger partial charge in [0.25, 0.3) is 0 Å². The quantitative estimate of drug-likeness (QED) is 0.108. The second-order valence-electron chi connectivity index (χ2n) is 8.33. The van der Waals surface area contributed by atoms with Crippen LogP contribution in [0.1, 0.15) is 0 Å². The van der Waals surface area contributed by atoms with Crippen molar-refractivity contribution in [1.82, 2.24) is 14.7 Å². The van der Waals surface area contributed by atoms with Crippen molar-refractivity contribution in [3.05, 3.63) is 48.5 Å². The number of nitrogens with one attached hydrogen (secondary N) is 2. The van der Waals surface area contributed by atoms with E-state index in [1.807, 2.05) is 48.5 Å². The number of anilines is 2. The fourth-order valence-electron chi connectivity index (χ4n) is 3.40. The molecule has 0 radical (unpaired) electrons. The van der Waals surface area contributed by atoms with Crippen molar-refractivity contribution in [2.75, 3.05) is 69.8 Å². The van der Waals surface area contributed by atoms with Gasteiger partial charge >= 0.3 is 17.9 Å². The predicted octanol–water partition coefficient (Wildman–Crippen LogP) is 1.86. The Morgan fingerprint density at radius 1 is 0.568 bits per heavy atom. The highest BCUT2D eigenvalue weighted by Crippen LogP contribution is 2.13. The van der Waals surface area contributed by atoms with Gasteiger partial charge in [0.15, 0.2) is 0 Å². The molecular weight excluding hydrogens is 518 g/mol. The molecule has 37 heavy (non-hydrogen) atoms. The maximum atomic E-state index is 11.4. The van der Waals surface area contributed by atoms with Crippen LogP contribution in [0.5, 0.6) is 0 Å². The molecule has 0 heterocycles. The lowest BCUT2D eigenvalue weighted by molar-refractivity contribution is -0.140. The molecule has 0 unspecified atom stereocenters. The standard InChI is InChI=1S/C24H33N5O6S2/c30-22(31)13-27(9-11-28(14-23(32)33)16-25-18-1-5-20(36)6-2-18)10-12-29(15-24(34)35)17-26-19-3-7-21(37)8-4-19/h1-8,25-26,36-37H,9-17H2,(H,30,31)(H,32,33)(H,34,35). The van der Waals surface area contributed by atoms with E-state index in [-0.39, 0.29) is 46.1 Å². The van der Waals surface area contributed by atoms with Gasteiger partial charge in [-0.1, -0.05) is 0 Å². The number of carboxylic acid groups (broad SMARTS) is 3. The van der Waals surface area contributed by atoms with Crippen LogP contribution in [0.15, 0.2) is 58.3 Å². The number of carboxylic acids is 3. The Balaban J connectivity index is 1.94. The van der Waals surface area contributed by atoms with Crippen LogP contribution < -0.4 is 10.6 Å². The van der Waals surface area contributed by atoms with E-state index in [1.165, 1.54) is 0 Å². The summed E-state index contributed by atoms with van der Waals surface area (Å²) in [5.74, 6) is -3.02. The molecule has 0 bridgehead atoms. The summed E-state index contributed by atoms with van der Waals surface area (Å²) >= 11 is 8.49. The Kier molecular flexibility index (Phi) is 13.1. The second kappa shape index (κ2) is 16.0. The van der Waals surface area contributed by atoms with Crippen LogP contribution in [-0.2, 0) is 14.4 Å². The average Bonchev–Trinajstić information content (AvgIpc) is 2.83. The Morgan fingerprint density at radius 2 is 0.865 bits per heavy atom. The van der Waals surface area contributed by atoms with E-state index in [1.54, 1.807) is 14.7 Å². The molecule has 0 fully saturated rings. The number of thiol groups is 2. The van der Waals surface area contributed by atoms with Crippen molar-refractivity contribution in [1.29, 1.82) is 0 Å². The number of hydrogen-bond donors (Lipinski definition) is 7. The Hall–Kier alpha value is -2.97. The SMILES string of the molecule is O=C(O)CN(CCN(CNc1ccc(S)cc1)CC(=O)O)CCN(CNc1ccc(S)cc1)CC(=O)O. The van der Waals surface area contributed by atoms with Gasteiger partial charge in [0.2, 0.25) is 0 Å². The normalized spacial score (nSPS) is 11.2. The van der Waals surface area contributed by atoms with E-state index in [0.29, 0.717) is 13.1 Å². The molecule has 0 aliphatic carbocycles. The topological polar surface area (TPSA) is 146 Å².